The van der Waals surface area contributed by atoms with E-state index in [2.05, 4.69) is 38.1 Å². The van der Waals surface area contributed by atoms with Gasteiger partial charge in [0, 0.05) is 16.1 Å². The van der Waals surface area contributed by atoms with Gasteiger partial charge < -0.3 is 5.32 Å². The van der Waals surface area contributed by atoms with Gasteiger partial charge in [-0.05, 0) is 66.4 Å². The van der Waals surface area contributed by atoms with E-state index < -0.39 is 0 Å². The van der Waals surface area contributed by atoms with Crippen molar-refractivity contribution < 1.29 is 4.79 Å². The standard InChI is InChI=1S/C15H16BrNOS/c1-10-7-13(3-4-14(10)16)15(18)17-11(2)8-12-5-6-19-9-12/h3-7,9,11H,8H2,1-2H3,(H,17,18). The van der Waals surface area contributed by atoms with E-state index >= 15 is 0 Å². The second-order valence-electron chi connectivity index (χ2n) is 4.67. The van der Waals surface area contributed by atoms with Crippen LogP contribution in [0.3, 0.4) is 0 Å². The van der Waals surface area contributed by atoms with Gasteiger partial charge in [-0.15, -0.1) is 0 Å². The van der Waals surface area contributed by atoms with E-state index in [1.807, 2.05) is 32.0 Å². The lowest BCUT2D eigenvalue weighted by Crippen LogP contribution is -2.34. The Morgan fingerprint density at radius 1 is 1.42 bits per heavy atom. The molecule has 1 N–H and O–H groups in total. The molecule has 0 radical (unpaired) electrons. The van der Waals surface area contributed by atoms with E-state index in [4.69, 9.17) is 0 Å². The van der Waals surface area contributed by atoms with E-state index in [1.54, 1.807) is 11.3 Å². The van der Waals surface area contributed by atoms with Gasteiger partial charge in [-0.25, -0.2) is 0 Å². The second kappa shape index (κ2) is 6.35. The number of nitrogens with one attached hydrogen (secondary N) is 1. The molecule has 1 aromatic heterocycles. The summed E-state index contributed by atoms with van der Waals surface area (Å²) in [7, 11) is 0. The highest BCUT2D eigenvalue weighted by molar-refractivity contribution is 9.10. The second-order valence-corrected chi connectivity index (χ2v) is 6.31. The zero-order chi connectivity index (χ0) is 13.8. The van der Waals surface area contributed by atoms with Crippen LogP contribution in [-0.2, 0) is 6.42 Å². The smallest absolute Gasteiger partial charge is 0.251 e. The predicted octanol–water partition coefficient (Wildman–Crippen LogP) is 4.18. The summed E-state index contributed by atoms with van der Waals surface area (Å²) in [6.07, 6.45) is 0.866. The number of benzene rings is 1. The average molecular weight is 338 g/mol. The topological polar surface area (TPSA) is 29.1 Å². The molecule has 0 saturated carbocycles. The van der Waals surface area contributed by atoms with Crippen molar-refractivity contribution in [2.24, 2.45) is 0 Å². The molecule has 1 unspecified atom stereocenters. The molecule has 0 aliphatic carbocycles. The molecule has 0 aliphatic heterocycles. The third kappa shape index (κ3) is 3.91. The number of rotatable bonds is 4. The Balaban J connectivity index is 1.98. The van der Waals surface area contributed by atoms with Crippen LogP contribution < -0.4 is 5.32 Å². The van der Waals surface area contributed by atoms with Crippen molar-refractivity contribution in [2.45, 2.75) is 26.3 Å². The Kier molecular flexibility index (Phi) is 4.77. The summed E-state index contributed by atoms with van der Waals surface area (Å²) in [6, 6.07) is 7.87. The van der Waals surface area contributed by atoms with Crippen molar-refractivity contribution in [2.75, 3.05) is 0 Å². The molecule has 1 amide bonds. The number of aryl methyl sites for hydroxylation is 1. The highest BCUT2D eigenvalue weighted by atomic mass is 79.9. The van der Waals surface area contributed by atoms with Crippen LogP contribution in [0.15, 0.2) is 39.5 Å². The lowest BCUT2D eigenvalue weighted by Gasteiger charge is -2.13. The predicted molar refractivity (Wildman–Crippen MR) is 83.8 cm³/mol. The summed E-state index contributed by atoms with van der Waals surface area (Å²) in [4.78, 5) is 12.1. The largest absolute Gasteiger partial charge is 0.349 e. The van der Waals surface area contributed by atoms with Gasteiger partial charge in [-0.2, -0.15) is 11.3 Å². The third-order valence-corrected chi connectivity index (χ3v) is 4.54. The maximum Gasteiger partial charge on any atom is 0.251 e. The van der Waals surface area contributed by atoms with Crippen LogP contribution >= 0.6 is 27.3 Å². The molecule has 19 heavy (non-hydrogen) atoms. The molecule has 2 aromatic rings. The lowest BCUT2D eigenvalue weighted by molar-refractivity contribution is 0.0940. The van der Waals surface area contributed by atoms with Crippen molar-refractivity contribution in [1.82, 2.24) is 5.32 Å². The third-order valence-electron chi connectivity index (χ3n) is 2.92. The van der Waals surface area contributed by atoms with Crippen molar-refractivity contribution in [1.29, 1.82) is 0 Å². The van der Waals surface area contributed by atoms with E-state index in [-0.39, 0.29) is 11.9 Å². The highest BCUT2D eigenvalue weighted by Gasteiger charge is 2.11. The normalized spacial score (nSPS) is 12.2. The summed E-state index contributed by atoms with van der Waals surface area (Å²) in [6.45, 7) is 4.01. The van der Waals surface area contributed by atoms with Crippen LogP contribution in [0.2, 0.25) is 0 Å². The molecular formula is C15H16BrNOS. The highest BCUT2D eigenvalue weighted by Crippen LogP contribution is 2.17. The Morgan fingerprint density at radius 2 is 2.21 bits per heavy atom. The monoisotopic (exact) mass is 337 g/mol. The Labute approximate surface area is 126 Å². The first kappa shape index (κ1) is 14.3. The lowest BCUT2D eigenvalue weighted by atomic mass is 10.1. The zero-order valence-corrected chi connectivity index (χ0v) is 13.3. The molecule has 1 heterocycles. The first-order valence-corrected chi connectivity index (χ1v) is 7.88. The summed E-state index contributed by atoms with van der Waals surface area (Å²) < 4.78 is 1.02. The number of carbonyl (C=O) groups excluding carboxylic acids is 1. The molecule has 1 atom stereocenters. The van der Waals surface area contributed by atoms with Crippen molar-refractivity contribution in [3.8, 4) is 0 Å². The van der Waals surface area contributed by atoms with E-state index in [0.29, 0.717) is 5.56 Å². The Morgan fingerprint density at radius 3 is 2.84 bits per heavy atom. The zero-order valence-electron chi connectivity index (χ0n) is 10.9. The summed E-state index contributed by atoms with van der Waals surface area (Å²) in [5.41, 5.74) is 3.04. The minimum absolute atomic E-state index is 0.0154. The molecule has 0 aliphatic rings. The molecule has 0 fully saturated rings. The Hall–Kier alpha value is -1.13. The fraction of sp³-hybridized carbons (Fsp3) is 0.267. The van der Waals surface area contributed by atoms with Crippen LogP contribution in [0.25, 0.3) is 0 Å². The minimum atomic E-state index is -0.0154. The summed E-state index contributed by atoms with van der Waals surface area (Å²) >= 11 is 5.12. The number of carbonyl (C=O) groups is 1. The number of halogens is 1. The van der Waals surface area contributed by atoms with Crippen LogP contribution in [0, 0.1) is 6.92 Å². The Bertz CT molecular complexity index is 566. The van der Waals surface area contributed by atoms with Crippen molar-refractivity contribution >= 4 is 33.2 Å². The molecule has 100 valence electrons. The van der Waals surface area contributed by atoms with Gasteiger partial charge in [-0.3, -0.25) is 4.79 Å². The first-order chi connectivity index (χ1) is 9.06. The minimum Gasteiger partial charge on any atom is -0.349 e. The van der Waals surface area contributed by atoms with Gasteiger partial charge in [-0.1, -0.05) is 15.9 Å². The van der Waals surface area contributed by atoms with Crippen molar-refractivity contribution in [3.05, 3.63) is 56.2 Å². The van der Waals surface area contributed by atoms with Crippen LogP contribution in [0.4, 0.5) is 0 Å². The number of thiophene rings is 1. The fourth-order valence-electron chi connectivity index (χ4n) is 1.91. The van der Waals surface area contributed by atoms with Gasteiger partial charge in [0.1, 0.15) is 0 Å². The number of amides is 1. The fourth-order valence-corrected chi connectivity index (χ4v) is 2.83. The molecule has 2 rings (SSSR count). The van der Waals surface area contributed by atoms with Crippen LogP contribution in [0.1, 0.15) is 28.4 Å². The molecule has 0 bridgehead atoms. The number of hydrogen-bond donors (Lipinski definition) is 1. The van der Waals surface area contributed by atoms with Crippen molar-refractivity contribution in [3.63, 3.8) is 0 Å². The van der Waals surface area contributed by atoms with Gasteiger partial charge in [0.25, 0.3) is 5.91 Å². The molecule has 4 heteroatoms. The summed E-state index contributed by atoms with van der Waals surface area (Å²) in [5.74, 6) is -0.0154. The maximum absolute atomic E-state index is 12.1. The maximum atomic E-state index is 12.1. The molecule has 0 spiro atoms. The van der Waals surface area contributed by atoms with Gasteiger partial charge >= 0.3 is 0 Å². The van der Waals surface area contributed by atoms with Crippen LogP contribution in [0.5, 0.6) is 0 Å². The molecular weight excluding hydrogens is 322 g/mol. The molecule has 2 nitrogen and oxygen atoms in total. The van der Waals surface area contributed by atoms with Gasteiger partial charge in [0.2, 0.25) is 0 Å². The van der Waals surface area contributed by atoms with Gasteiger partial charge in [0.15, 0.2) is 0 Å². The SMILES string of the molecule is Cc1cc(C(=O)NC(C)Cc2ccsc2)ccc1Br. The van der Waals surface area contributed by atoms with Gasteiger partial charge in [0.05, 0.1) is 0 Å². The molecule has 0 saturated heterocycles. The van der Waals surface area contributed by atoms with E-state index in [0.717, 1.165) is 16.5 Å². The van der Waals surface area contributed by atoms with E-state index in [9.17, 15) is 4.79 Å². The number of hydrogen-bond acceptors (Lipinski definition) is 2. The molecule has 1 aromatic carbocycles. The van der Waals surface area contributed by atoms with Crippen LogP contribution in [-0.4, -0.2) is 11.9 Å². The van der Waals surface area contributed by atoms with E-state index in [1.165, 1.54) is 5.56 Å². The average Bonchev–Trinajstić information content (AvgIpc) is 2.85. The first-order valence-electron chi connectivity index (χ1n) is 6.14. The quantitative estimate of drug-likeness (QED) is 0.890. The summed E-state index contributed by atoms with van der Waals surface area (Å²) in [5, 5.41) is 7.21.